The van der Waals surface area contributed by atoms with E-state index in [4.69, 9.17) is 9.15 Å². The van der Waals surface area contributed by atoms with Gasteiger partial charge in [0.2, 0.25) is 0 Å². The van der Waals surface area contributed by atoms with Crippen LogP contribution in [-0.4, -0.2) is 17.6 Å². The summed E-state index contributed by atoms with van der Waals surface area (Å²) in [5.74, 6) is -0.356. The second kappa shape index (κ2) is 8.18. The van der Waals surface area contributed by atoms with Crippen molar-refractivity contribution in [3.8, 4) is 11.3 Å². The molecule has 2 aromatic heterocycles. The van der Waals surface area contributed by atoms with Crippen LogP contribution in [0.5, 0.6) is 0 Å². The summed E-state index contributed by atoms with van der Waals surface area (Å²) < 4.78 is 11.3. The molecule has 0 aliphatic carbocycles. The SMILES string of the molecule is CCOC(=O)c1ccc(Nc2nc(-c3cc4cc(Br)ccc4oc3=O)cs2)cc1. The Kier molecular flexibility index (Phi) is 5.46. The first kappa shape index (κ1) is 19.4. The summed E-state index contributed by atoms with van der Waals surface area (Å²) in [5, 5.41) is 6.40. The van der Waals surface area contributed by atoms with Crippen LogP contribution in [0, 0.1) is 0 Å². The Balaban J connectivity index is 1.57. The molecule has 8 heteroatoms. The van der Waals surface area contributed by atoms with Crippen molar-refractivity contribution < 1.29 is 13.9 Å². The van der Waals surface area contributed by atoms with Gasteiger partial charge in [0.05, 0.1) is 23.4 Å². The molecule has 0 saturated carbocycles. The fraction of sp³-hybridized carbons (Fsp3) is 0.0952. The fourth-order valence-corrected chi connectivity index (χ4v) is 3.86. The minimum Gasteiger partial charge on any atom is -0.462 e. The highest BCUT2D eigenvalue weighted by Crippen LogP contribution is 2.28. The number of aromatic nitrogens is 1. The molecule has 0 aliphatic heterocycles. The van der Waals surface area contributed by atoms with Crippen molar-refractivity contribution in [3.63, 3.8) is 0 Å². The highest BCUT2D eigenvalue weighted by Gasteiger charge is 2.12. The van der Waals surface area contributed by atoms with E-state index in [1.54, 1.807) is 48.7 Å². The number of halogens is 1. The molecule has 0 amide bonds. The van der Waals surface area contributed by atoms with E-state index in [1.807, 2.05) is 12.1 Å². The molecule has 6 nitrogen and oxygen atoms in total. The van der Waals surface area contributed by atoms with Crippen molar-refractivity contribution in [1.29, 1.82) is 0 Å². The summed E-state index contributed by atoms with van der Waals surface area (Å²) in [6.07, 6.45) is 0. The monoisotopic (exact) mass is 470 g/mol. The van der Waals surface area contributed by atoms with E-state index in [0.717, 1.165) is 15.5 Å². The first-order valence-electron chi connectivity index (χ1n) is 8.77. The smallest absolute Gasteiger partial charge is 0.345 e. The lowest BCUT2D eigenvalue weighted by Gasteiger charge is -2.05. The molecular weight excluding hydrogens is 456 g/mol. The van der Waals surface area contributed by atoms with Gasteiger partial charge in [-0.2, -0.15) is 0 Å². The largest absolute Gasteiger partial charge is 0.462 e. The average molecular weight is 471 g/mol. The van der Waals surface area contributed by atoms with Crippen molar-refractivity contribution in [2.45, 2.75) is 6.92 Å². The Morgan fingerprint density at radius 1 is 1.21 bits per heavy atom. The second-order valence-corrected chi connectivity index (χ2v) is 7.86. The number of hydrogen-bond acceptors (Lipinski definition) is 7. The molecule has 4 aromatic rings. The van der Waals surface area contributed by atoms with Crippen LogP contribution in [0.1, 0.15) is 17.3 Å². The summed E-state index contributed by atoms with van der Waals surface area (Å²) in [5.41, 5.74) is 2.28. The molecule has 0 unspecified atom stereocenters. The van der Waals surface area contributed by atoms with Gasteiger partial charge in [0.15, 0.2) is 5.13 Å². The number of fused-ring (bicyclic) bond motifs is 1. The lowest BCUT2D eigenvalue weighted by atomic mass is 10.1. The Morgan fingerprint density at radius 3 is 2.76 bits per heavy atom. The van der Waals surface area contributed by atoms with Crippen molar-refractivity contribution in [1.82, 2.24) is 4.98 Å². The number of anilines is 2. The lowest BCUT2D eigenvalue weighted by molar-refractivity contribution is 0.0526. The highest BCUT2D eigenvalue weighted by molar-refractivity contribution is 9.10. The standard InChI is InChI=1S/C21H15BrN2O4S/c1-2-27-19(25)12-3-6-15(7-4-12)23-21-24-17(11-29-21)16-10-13-9-14(22)5-8-18(13)28-20(16)26/h3-11H,2H2,1H3,(H,23,24). The number of esters is 1. The molecule has 0 saturated heterocycles. The maximum absolute atomic E-state index is 12.4. The van der Waals surface area contributed by atoms with E-state index in [9.17, 15) is 9.59 Å². The molecule has 4 rings (SSSR count). The molecule has 0 atom stereocenters. The van der Waals surface area contributed by atoms with Crippen LogP contribution in [-0.2, 0) is 4.74 Å². The van der Waals surface area contributed by atoms with Crippen LogP contribution in [0.2, 0.25) is 0 Å². The van der Waals surface area contributed by atoms with Crippen LogP contribution in [0.3, 0.4) is 0 Å². The van der Waals surface area contributed by atoms with Crippen LogP contribution in [0.15, 0.2) is 67.6 Å². The van der Waals surface area contributed by atoms with Crippen LogP contribution < -0.4 is 10.9 Å². The average Bonchev–Trinajstić information content (AvgIpc) is 3.16. The number of carbonyl (C=O) groups is 1. The minimum absolute atomic E-state index is 0.334. The number of thiazole rings is 1. The van der Waals surface area contributed by atoms with Crippen molar-refractivity contribution in [2.24, 2.45) is 0 Å². The number of nitrogens with one attached hydrogen (secondary N) is 1. The maximum Gasteiger partial charge on any atom is 0.345 e. The molecule has 0 radical (unpaired) electrons. The van der Waals surface area contributed by atoms with Gasteiger partial charge in [0, 0.05) is 20.9 Å². The Morgan fingerprint density at radius 2 is 2.00 bits per heavy atom. The van der Waals surface area contributed by atoms with Gasteiger partial charge in [0.25, 0.3) is 0 Å². The van der Waals surface area contributed by atoms with E-state index < -0.39 is 5.63 Å². The van der Waals surface area contributed by atoms with Crippen LogP contribution in [0.25, 0.3) is 22.2 Å². The topological polar surface area (TPSA) is 81.4 Å². The van der Waals surface area contributed by atoms with Gasteiger partial charge in [-0.05, 0) is 55.5 Å². The molecule has 0 spiro atoms. The van der Waals surface area contributed by atoms with Gasteiger partial charge in [0.1, 0.15) is 5.58 Å². The zero-order chi connectivity index (χ0) is 20.4. The summed E-state index contributed by atoms with van der Waals surface area (Å²) in [7, 11) is 0. The molecule has 146 valence electrons. The number of nitrogens with zero attached hydrogens (tertiary/aromatic N) is 1. The summed E-state index contributed by atoms with van der Waals surface area (Å²) >= 11 is 4.79. The number of benzene rings is 2. The van der Waals surface area contributed by atoms with E-state index in [2.05, 4.69) is 26.2 Å². The zero-order valence-electron chi connectivity index (χ0n) is 15.3. The van der Waals surface area contributed by atoms with E-state index >= 15 is 0 Å². The van der Waals surface area contributed by atoms with Crippen molar-refractivity contribution >= 4 is 55.0 Å². The quantitative estimate of drug-likeness (QED) is 0.302. The van der Waals surface area contributed by atoms with Gasteiger partial charge in [-0.15, -0.1) is 11.3 Å². The van der Waals surface area contributed by atoms with Crippen LogP contribution in [0.4, 0.5) is 10.8 Å². The first-order valence-corrected chi connectivity index (χ1v) is 10.4. The predicted octanol–water partition coefficient (Wildman–Crippen LogP) is 5.60. The third-order valence-corrected chi connectivity index (χ3v) is 5.37. The summed E-state index contributed by atoms with van der Waals surface area (Å²) in [6, 6.07) is 14.2. The van der Waals surface area contributed by atoms with Crippen molar-refractivity contribution in [3.05, 3.63) is 74.4 Å². The van der Waals surface area contributed by atoms with E-state index in [-0.39, 0.29) is 5.97 Å². The molecule has 2 aromatic carbocycles. The Labute approximate surface area is 178 Å². The van der Waals surface area contributed by atoms with Gasteiger partial charge < -0.3 is 14.5 Å². The van der Waals surface area contributed by atoms with Gasteiger partial charge in [-0.1, -0.05) is 15.9 Å². The lowest BCUT2D eigenvalue weighted by Crippen LogP contribution is -2.04. The minimum atomic E-state index is -0.435. The molecular formula is C21H15BrN2O4S. The predicted molar refractivity (Wildman–Crippen MR) is 117 cm³/mol. The molecule has 0 bridgehead atoms. The second-order valence-electron chi connectivity index (χ2n) is 6.09. The van der Waals surface area contributed by atoms with Gasteiger partial charge >= 0.3 is 11.6 Å². The Hall–Kier alpha value is -2.97. The highest BCUT2D eigenvalue weighted by atomic mass is 79.9. The molecule has 2 heterocycles. The summed E-state index contributed by atoms with van der Waals surface area (Å²) in [4.78, 5) is 28.6. The third-order valence-electron chi connectivity index (χ3n) is 4.12. The normalized spacial score (nSPS) is 10.8. The van der Waals surface area contributed by atoms with E-state index in [1.165, 1.54) is 11.3 Å². The molecule has 0 fully saturated rings. The van der Waals surface area contributed by atoms with Crippen molar-refractivity contribution in [2.75, 3.05) is 11.9 Å². The third kappa shape index (κ3) is 4.23. The maximum atomic E-state index is 12.4. The molecule has 29 heavy (non-hydrogen) atoms. The molecule has 0 aliphatic rings. The molecule has 1 N–H and O–H groups in total. The number of ether oxygens (including phenoxy) is 1. The summed E-state index contributed by atoms with van der Waals surface area (Å²) in [6.45, 7) is 2.10. The Bertz CT molecular complexity index is 1250. The number of hydrogen-bond donors (Lipinski definition) is 1. The van der Waals surface area contributed by atoms with Crippen LogP contribution >= 0.6 is 27.3 Å². The van der Waals surface area contributed by atoms with E-state index in [0.29, 0.717) is 34.1 Å². The number of rotatable bonds is 5. The zero-order valence-corrected chi connectivity index (χ0v) is 17.7. The fourth-order valence-electron chi connectivity index (χ4n) is 2.76. The number of carbonyl (C=O) groups excluding carboxylic acids is 1. The first-order chi connectivity index (χ1) is 14.0. The van der Waals surface area contributed by atoms with Gasteiger partial charge in [-0.3, -0.25) is 0 Å². The van der Waals surface area contributed by atoms with Gasteiger partial charge in [-0.25, -0.2) is 14.6 Å².